The molecule has 0 aliphatic carbocycles. The summed E-state index contributed by atoms with van der Waals surface area (Å²) >= 11 is 0.924. The van der Waals surface area contributed by atoms with Gasteiger partial charge in [0.05, 0.1) is 23.4 Å². The van der Waals surface area contributed by atoms with E-state index in [0.717, 1.165) is 11.3 Å². The Morgan fingerprint density at radius 3 is 2.77 bits per heavy atom. The molecule has 0 spiro atoms. The van der Waals surface area contributed by atoms with E-state index in [2.05, 4.69) is 10.3 Å². The molecule has 1 aromatic carbocycles. The zero-order chi connectivity index (χ0) is 21.7. The van der Waals surface area contributed by atoms with E-state index in [0.29, 0.717) is 27.4 Å². The lowest BCUT2D eigenvalue weighted by molar-refractivity contribution is -0.122. The summed E-state index contributed by atoms with van der Waals surface area (Å²) in [6.45, 7) is 4.74. The fraction of sp³-hybridized carbons (Fsp3) is 0.250. The number of thiophene rings is 1. The van der Waals surface area contributed by atoms with Crippen molar-refractivity contribution in [2.45, 2.75) is 32.9 Å². The highest BCUT2D eigenvalue weighted by molar-refractivity contribution is 7.20. The van der Waals surface area contributed by atoms with Gasteiger partial charge in [-0.15, -0.1) is 11.3 Å². The van der Waals surface area contributed by atoms with Crippen LogP contribution in [0.1, 0.15) is 45.5 Å². The third-order valence-corrected chi connectivity index (χ3v) is 6.25. The lowest BCUT2D eigenvalue weighted by atomic mass is 10.0. The van der Waals surface area contributed by atoms with Crippen molar-refractivity contribution in [3.05, 3.63) is 50.9 Å². The molecular formula is C20H17N3O6S. The van der Waals surface area contributed by atoms with Gasteiger partial charge in [0, 0.05) is 5.56 Å². The summed E-state index contributed by atoms with van der Waals surface area (Å²) in [4.78, 5) is 53.7. The number of nitrogens with one attached hydrogen (secondary N) is 1. The number of ketones is 1. The number of carboxylic acid groups (broad SMARTS) is 1. The number of Topliss-reactive ketones (excluding diaryl/α,β-unsaturated/α-hetero) is 1. The first-order chi connectivity index (χ1) is 14.2. The molecule has 10 heteroatoms. The zero-order valence-electron chi connectivity index (χ0n) is 16.3. The molecule has 1 aliphatic rings. The van der Waals surface area contributed by atoms with Gasteiger partial charge in [0.1, 0.15) is 15.5 Å². The predicted octanol–water partition coefficient (Wildman–Crippen LogP) is 2.63. The maximum absolute atomic E-state index is 13.0. The molecule has 3 heterocycles. The second-order valence-corrected chi connectivity index (χ2v) is 8.00. The molecule has 2 atom stereocenters. The van der Waals surface area contributed by atoms with Crippen LogP contribution in [0.5, 0.6) is 5.75 Å². The van der Waals surface area contributed by atoms with E-state index in [9.17, 15) is 24.3 Å². The lowest BCUT2D eigenvalue weighted by Crippen LogP contribution is -2.34. The van der Waals surface area contributed by atoms with Gasteiger partial charge in [-0.25, -0.2) is 9.78 Å². The average molecular weight is 427 g/mol. The van der Waals surface area contributed by atoms with Gasteiger partial charge in [0.2, 0.25) is 0 Å². The van der Waals surface area contributed by atoms with Crippen molar-refractivity contribution in [2.75, 3.05) is 5.32 Å². The minimum absolute atomic E-state index is 0.0472. The second kappa shape index (κ2) is 7.06. The molecule has 2 unspecified atom stereocenters. The molecule has 3 aromatic rings. The minimum Gasteiger partial charge on any atom is -0.479 e. The number of carbonyl (C=O) groups is 3. The van der Waals surface area contributed by atoms with Gasteiger partial charge in [0.15, 0.2) is 11.9 Å². The molecule has 4 rings (SSSR count). The summed E-state index contributed by atoms with van der Waals surface area (Å²) in [6, 6.07) is 3.78. The predicted molar refractivity (Wildman–Crippen MR) is 110 cm³/mol. The van der Waals surface area contributed by atoms with E-state index in [1.54, 1.807) is 32.9 Å². The number of hydrogen-bond acceptors (Lipinski definition) is 7. The summed E-state index contributed by atoms with van der Waals surface area (Å²) in [6.07, 6.45) is 0.624. The van der Waals surface area contributed by atoms with Crippen molar-refractivity contribution >= 4 is 44.9 Å². The Kier molecular flexibility index (Phi) is 4.65. The van der Waals surface area contributed by atoms with Crippen LogP contribution in [0.3, 0.4) is 0 Å². The third kappa shape index (κ3) is 3.05. The maximum atomic E-state index is 13.0. The highest BCUT2D eigenvalue weighted by Gasteiger charge is 2.27. The van der Waals surface area contributed by atoms with Gasteiger partial charge in [-0.1, -0.05) is 0 Å². The topological polar surface area (TPSA) is 128 Å². The minimum atomic E-state index is -1.13. The number of rotatable bonds is 4. The van der Waals surface area contributed by atoms with Gasteiger partial charge < -0.3 is 15.2 Å². The van der Waals surface area contributed by atoms with Crippen molar-refractivity contribution in [3.63, 3.8) is 0 Å². The maximum Gasteiger partial charge on any atom is 0.346 e. The quantitative estimate of drug-likeness (QED) is 0.613. The summed E-state index contributed by atoms with van der Waals surface area (Å²) in [5.74, 6) is -1.34. The van der Waals surface area contributed by atoms with Crippen molar-refractivity contribution < 1.29 is 24.2 Å². The number of aromatic carboxylic acids is 1. The lowest BCUT2D eigenvalue weighted by Gasteiger charge is -2.24. The molecule has 30 heavy (non-hydrogen) atoms. The van der Waals surface area contributed by atoms with E-state index in [-0.39, 0.29) is 22.0 Å². The normalized spacial score (nSPS) is 16.5. The van der Waals surface area contributed by atoms with E-state index < -0.39 is 23.7 Å². The number of ether oxygens (including phenoxy) is 1. The van der Waals surface area contributed by atoms with Gasteiger partial charge in [-0.2, -0.15) is 0 Å². The highest BCUT2D eigenvalue weighted by Crippen LogP contribution is 2.32. The van der Waals surface area contributed by atoms with E-state index >= 15 is 0 Å². The van der Waals surface area contributed by atoms with Crippen LogP contribution in [-0.4, -0.2) is 38.4 Å². The molecule has 0 saturated heterocycles. The Morgan fingerprint density at radius 1 is 1.33 bits per heavy atom. The van der Waals surface area contributed by atoms with Crippen molar-refractivity contribution in [1.29, 1.82) is 0 Å². The number of aromatic nitrogens is 2. The monoisotopic (exact) mass is 427 g/mol. The molecule has 0 radical (unpaired) electrons. The van der Waals surface area contributed by atoms with Crippen LogP contribution in [0.15, 0.2) is 29.3 Å². The molecule has 2 N–H and O–H groups in total. The van der Waals surface area contributed by atoms with E-state index in [1.165, 1.54) is 17.0 Å². The SMILES string of the molecule is Cc1c(C(=O)O)sc2ncn(C(C)C(=O)c3ccc4c(c3)NC(=O)C(C)O4)c(=O)c12. The van der Waals surface area contributed by atoms with Gasteiger partial charge in [0.25, 0.3) is 11.5 Å². The van der Waals surface area contributed by atoms with Crippen molar-refractivity contribution in [1.82, 2.24) is 9.55 Å². The molecule has 0 saturated carbocycles. The number of aryl methyl sites for hydroxylation is 1. The zero-order valence-corrected chi connectivity index (χ0v) is 17.1. The molecule has 0 fully saturated rings. The number of anilines is 1. The molecule has 9 nitrogen and oxygen atoms in total. The Morgan fingerprint density at radius 2 is 2.07 bits per heavy atom. The molecule has 1 aliphatic heterocycles. The first-order valence-electron chi connectivity index (χ1n) is 9.08. The summed E-state index contributed by atoms with van der Waals surface area (Å²) < 4.78 is 6.68. The number of hydrogen-bond donors (Lipinski definition) is 2. The molecule has 1 amide bonds. The average Bonchev–Trinajstić information content (AvgIpc) is 3.05. The largest absolute Gasteiger partial charge is 0.479 e. The number of amides is 1. The fourth-order valence-electron chi connectivity index (χ4n) is 3.35. The first kappa shape index (κ1) is 19.8. The van der Waals surface area contributed by atoms with Crippen LogP contribution >= 0.6 is 11.3 Å². The van der Waals surface area contributed by atoms with Gasteiger partial charge in [-0.05, 0) is 44.5 Å². The van der Waals surface area contributed by atoms with E-state index in [4.69, 9.17) is 4.74 Å². The Balaban J connectivity index is 1.72. The van der Waals surface area contributed by atoms with Gasteiger partial charge in [-0.3, -0.25) is 19.0 Å². The molecule has 2 aromatic heterocycles. The van der Waals surface area contributed by atoms with Crippen LogP contribution in [0, 0.1) is 6.92 Å². The Hall–Kier alpha value is -3.53. The van der Waals surface area contributed by atoms with Crippen LogP contribution in [0.2, 0.25) is 0 Å². The standard InChI is InChI=1S/C20H17N3O6S/c1-8-14-18(30-16(8)20(27)28)21-7-23(19(14)26)9(2)15(24)11-4-5-13-12(6-11)22-17(25)10(3)29-13/h4-7,9-10H,1-3H3,(H,22,25)(H,27,28). The summed E-state index contributed by atoms with van der Waals surface area (Å²) in [7, 11) is 0. The number of carbonyl (C=O) groups excluding carboxylic acids is 2. The number of benzene rings is 1. The van der Waals surface area contributed by atoms with Crippen LogP contribution in [-0.2, 0) is 4.79 Å². The summed E-state index contributed by atoms with van der Waals surface area (Å²) in [5, 5.41) is 12.2. The van der Waals surface area contributed by atoms with Gasteiger partial charge >= 0.3 is 5.97 Å². The third-order valence-electron chi connectivity index (χ3n) is 5.06. The molecular weight excluding hydrogens is 410 g/mol. The fourth-order valence-corrected chi connectivity index (χ4v) is 4.32. The molecule has 0 bridgehead atoms. The van der Waals surface area contributed by atoms with Crippen LogP contribution in [0.25, 0.3) is 10.2 Å². The highest BCUT2D eigenvalue weighted by atomic mass is 32.1. The van der Waals surface area contributed by atoms with Crippen molar-refractivity contribution in [2.24, 2.45) is 0 Å². The second-order valence-electron chi connectivity index (χ2n) is 7.00. The number of fused-ring (bicyclic) bond motifs is 2. The van der Waals surface area contributed by atoms with E-state index in [1.807, 2.05) is 0 Å². The first-order valence-corrected chi connectivity index (χ1v) is 9.90. The summed E-state index contributed by atoms with van der Waals surface area (Å²) in [5.41, 5.74) is 0.527. The molecule has 154 valence electrons. The smallest absolute Gasteiger partial charge is 0.346 e. The van der Waals surface area contributed by atoms with Crippen LogP contribution in [0.4, 0.5) is 5.69 Å². The van der Waals surface area contributed by atoms with Crippen LogP contribution < -0.4 is 15.6 Å². The number of carboxylic acids is 1. The number of nitrogens with zero attached hydrogens (tertiary/aromatic N) is 2. The Bertz CT molecular complexity index is 1290. The Labute approximate surface area is 173 Å². The van der Waals surface area contributed by atoms with Crippen molar-refractivity contribution in [3.8, 4) is 5.75 Å².